The zero-order valence-corrected chi connectivity index (χ0v) is 19.5. The molecule has 8 heteroatoms. The highest BCUT2D eigenvalue weighted by molar-refractivity contribution is 7.98. The molecule has 170 valence electrons. The minimum absolute atomic E-state index is 0.149. The third-order valence-corrected chi connectivity index (χ3v) is 6.09. The Morgan fingerprint density at radius 3 is 2.36 bits per heavy atom. The molecule has 0 saturated carbocycles. The fourth-order valence-corrected chi connectivity index (χ4v) is 4.42. The summed E-state index contributed by atoms with van der Waals surface area (Å²) < 4.78 is 16.2. The van der Waals surface area contributed by atoms with Gasteiger partial charge in [0.25, 0.3) is 5.91 Å². The molecule has 0 aliphatic heterocycles. The lowest BCUT2D eigenvalue weighted by atomic mass is 10.1. The van der Waals surface area contributed by atoms with Crippen molar-refractivity contribution >= 4 is 28.7 Å². The number of thioether (sulfide) groups is 1. The predicted molar refractivity (Wildman–Crippen MR) is 129 cm³/mol. The van der Waals surface area contributed by atoms with Crippen LogP contribution >= 0.6 is 11.8 Å². The van der Waals surface area contributed by atoms with Crippen molar-refractivity contribution in [2.75, 3.05) is 21.3 Å². The van der Waals surface area contributed by atoms with Gasteiger partial charge in [0.1, 0.15) is 0 Å². The van der Waals surface area contributed by atoms with Gasteiger partial charge in [-0.05, 0) is 41.5 Å². The maximum absolute atomic E-state index is 13.0. The van der Waals surface area contributed by atoms with E-state index in [4.69, 9.17) is 14.2 Å². The summed E-state index contributed by atoms with van der Waals surface area (Å²) in [7, 11) is 4.69. The molecule has 4 aromatic rings. The number of ether oxygens (including phenoxy) is 3. The number of imidazole rings is 1. The van der Waals surface area contributed by atoms with Gasteiger partial charge >= 0.3 is 0 Å². The van der Waals surface area contributed by atoms with Gasteiger partial charge in [-0.2, -0.15) is 0 Å². The van der Waals surface area contributed by atoms with E-state index in [0.29, 0.717) is 35.1 Å². The number of carbonyl (C=O) groups is 1. The lowest BCUT2D eigenvalue weighted by Gasteiger charge is -2.15. The molecule has 0 unspecified atom stereocenters. The molecule has 0 bridgehead atoms. The Bertz CT molecular complexity index is 1210. The maximum Gasteiger partial charge on any atom is 0.251 e. The fraction of sp³-hybridized carbons (Fsp3) is 0.200. The lowest BCUT2D eigenvalue weighted by Crippen LogP contribution is -2.24. The highest BCUT2D eigenvalue weighted by Gasteiger charge is 2.15. The second-order valence-electron chi connectivity index (χ2n) is 7.22. The fourth-order valence-electron chi connectivity index (χ4n) is 3.53. The van der Waals surface area contributed by atoms with Crippen molar-refractivity contribution in [2.24, 2.45) is 0 Å². The third kappa shape index (κ3) is 5.06. The van der Waals surface area contributed by atoms with Gasteiger partial charge in [0.2, 0.25) is 5.75 Å². The van der Waals surface area contributed by atoms with Crippen LogP contribution in [0.3, 0.4) is 0 Å². The van der Waals surface area contributed by atoms with Gasteiger partial charge < -0.3 is 24.5 Å². The second kappa shape index (κ2) is 10.3. The van der Waals surface area contributed by atoms with E-state index in [9.17, 15) is 4.79 Å². The predicted octanol–water partition coefficient (Wildman–Crippen LogP) is 4.81. The van der Waals surface area contributed by atoms with Crippen LogP contribution in [0.25, 0.3) is 11.0 Å². The van der Waals surface area contributed by atoms with E-state index < -0.39 is 0 Å². The van der Waals surface area contributed by atoms with Crippen molar-refractivity contribution in [3.05, 3.63) is 77.4 Å². The summed E-state index contributed by atoms with van der Waals surface area (Å²) in [4.78, 5) is 20.9. The quantitative estimate of drug-likeness (QED) is 0.347. The van der Waals surface area contributed by atoms with E-state index in [1.165, 1.54) is 0 Å². The summed E-state index contributed by atoms with van der Waals surface area (Å²) in [6.07, 6.45) is 0. The maximum atomic E-state index is 13.0. The minimum atomic E-state index is -0.149. The van der Waals surface area contributed by atoms with Gasteiger partial charge in [-0.25, -0.2) is 4.98 Å². The van der Waals surface area contributed by atoms with Crippen LogP contribution < -0.4 is 19.5 Å². The topological polar surface area (TPSA) is 85.5 Å². The Balaban J connectivity index is 1.46. The number of rotatable bonds is 9. The minimum Gasteiger partial charge on any atom is -0.493 e. The highest BCUT2D eigenvalue weighted by atomic mass is 32.2. The van der Waals surface area contributed by atoms with E-state index in [0.717, 1.165) is 27.3 Å². The first kappa shape index (κ1) is 22.5. The average molecular weight is 464 g/mol. The molecular weight excluding hydrogens is 438 g/mol. The Kier molecular flexibility index (Phi) is 7.04. The van der Waals surface area contributed by atoms with Crippen molar-refractivity contribution in [3.63, 3.8) is 0 Å². The van der Waals surface area contributed by atoms with E-state index in [-0.39, 0.29) is 5.91 Å². The molecule has 0 fully saturated rings. The normalized spacial score (nSPS) is 10.8. The van der Waals surface area contributed by atoms with Crippen LogP contribution in [0.1, 0.15) is 21.5 Å². The number of nitrogens with one attached hydrogen (secondary N) is 2. The van der Waals surface area contributed by atoms with Gasteiger partial charge in [0.15, 0.2) is 16.7 Å². The molecule has 1 heterocycles. The molecule has 1 amide bonds. The molecule has 0 aliphatic carbocycles. The van der Waals surface area contributed by atoms with Crippen molar-refractivity contribution in [3.8, 4) is 17.2 Å². The van der Waals surface area contributed by atoms with Crippen LogP contribution in [0.15, 0.2) is 65.8 Å². The van der Waals surface area contributed by atoms with Gasteiger partial charge in [0.05, 0.1) is 32.4 Å². The van der Waals surface area contributed by atoms with E-state index in [1.807, 2.05) is 60.7 Å². The SMILES string of the molecule is COc1cc(CNC(=O)c2ccccc2CSc2nc3ccccc3[nH]2)cc(OC)c1OC. The number of fused-ring (bicyclic) bond motifs is 1. The molecule has 0 atom stereocenters. The molecule has 0 spiro atoms. The van der Waals surface area contributed by atoms with Gasteiger partial charge in [0, 0.05) is 17.9 Å². The summed E-state index contributed by atoms with van der Waals surface area (Å²) >= 11 is 1.57. The van der Waals surface area contributed by atoms with E-state index >= 15 is 0 Å². The molecule has 4 rings (SSSR count). The van der Waals surface area contributed by atoms with E-state index in [2.05, 4.69) is 15.3 Å². The van der Waals surface area contributed by atoms with Crippen LogP contribution in [-0.2, 0) is 12.3 Å². The third-order valence-electron chi connectivity index (χ3n) is 5.17. The zero-order chi connectivity index (χ0) is 23.2. The summed E-state index contributed by atoms with van der Waals surface area (Å²) in [5, 5.41) is 3.81. The molecule has 0 saturated heterocycles. The van der Waals surface area contributed by atoms with Crippen LogP contribution in [0.4, 0.5) is 0 Å². The molecule has 2 N–H and O–H groups in total. The van der Waals surface area contributed by atoms with Gasteiger partial charge in [-0.1, -0.05) is 42.1 Å². The lowest BCUT2D eigenvalue weighted by molar-refractivity contribution is 0.0950. The summed E-state index contributed by atoms with van der Waals surface area (Å²) in [5.41, 5.74) is 4.33. The first-order chi connectivity index (χ1) is 16.1. The Hall–Kier alpha value is -3.65. The molecular formula is C25H25N3O4S. The van der Waals surface area contributed by atoms with Gasteiger partial charge in [-0.3, -0.25) is 4.79 Å². The number of hydrogen-bond donors (Lipinski definition) is 2. The van der Waals surface area contributed by atoms with E-state index in [1.54, 1.807) is 33.1 Å². The van der Waals surface area contributed by atoms with Crippen LogP contribution in [0.5, 0.6) is 17.2 Å². The number of methoxy groups -OCH3 is 3. The van der Waals surface area contributed by atoms with Crippen LogP contribution in [0.2, 0.25) is 0 Å². The molecule has 7 nitrogen and oxygen atoms in total. The Labute approximate surface area is 196 Å². The summed E-state index contributed by atoms with van der Waals surface area (Å²) in [5.74, 6) is 2.08. The number of aromatic nitrogens is 2. The highest BCUT2D eigenvalue weighted by Crippen LogP contribution is 2.38. The number of nitrogens with zero attached hydrogens (tertiary/aromatic N) is 1. The number of amides is 1. The first-order valence-electron chi connectivity index (χ1n) is 10.4. The Morgan fingerprint density at radius 1 is 0.970 bits per heavy atom. The molecule has 0 radical (unpaired) electrons. The first-order valence-corrected chi connectivity index (χ1v) is 11.3. The molecule has 1 aromatic heterocycles. The summed E-state index contributed by atoms with van der Waals surface area (Å²) in [6.45, 7) is 0.320. The number of benzene rings is 3. The molecule has 0 aliphatic rings. The van der Waals surface area contributed by atoms with Crippen LogP contribution in [0, 0.1) is 0 Å². The number of hydrogen-bond acceptors (Lipinski definition) is 6. The molecule has 33 heavy (non-hydrogen) atoms. The smallest absolute Gasteiger partial charge is 0.251 e. The number of carbonyl (C=O) groups excluding carboxylic acids is 1. The number of H-pyrrole nitrogens is 1. The van der Waals surface area contributed by atoms with Crippen molar-refractivity contribution in [1.82, 2.24) is 15.3 Å². The molecule has 3 aromatic carbocycles. The Morgan fingerprint density at radius 2 is 1.67 bits per heavy atom. The van der Waals surface area contributed by atoms with Crippen molar-refractivity contribution < 1.29 is 19.0 Å². The summed E-state index contributed by atoms with van der Waals surface area (Å²) in [6, 6.07) is 19.2. The largest absolute Gasteiger partial charge is 0.493 e. The monoisotopic (exact) mass is 463 g/mol. The zero-order valence-electron chi connectivity index (χ0n) is 18.7. The number of aromatic amines is 1. The van der Waals surface area contributed by atoms with Crippen molar-refractivity contribution in [2.45, 2.75) is 17.5 Å². The standard InChI is InChI=1S/C25H25N3O4S/c1-30-21-12-16(13-22(31-2)23(21)32-3)14-26-24(29)18-9-5-4-8-17(18)15-33-25-27-19-10-6-7-11-20(19)28-25/h4-13H,14-15H2,1-3H3,(H,26,29)(H,27,28). The average Bonchev–Trinajstić information content (AvgIpc) is 3.28. The second-order valence-corrected chi connectivity index (χ2v) is 8.19. The van der Waals surface area contributed by atoms with Gasteiger partial charge in [-0.15, -0.1) is 0 Å². The van der Waals surface area contributed by atoms with Crippen LogP contribution in [-0.4, -0.2) is 37.2 Å². The van der Waals surface area contributed by atoms with Crippen molar-refractivity contribution in [1.29, 1.82) is 0 Å². The number of para-hydroxylation sites is 2.